The van der Waals surface area contributed by atoms with Crippen LogP contribution in [0.25, 0.3) is 0 Å². The highest BCUT2D eigenvalue weighted by Crippen LogP contribution is 2.21. The molecule has 0 bridgehead atoms. The summed E-state index contributed by atoms with van der Waals surface area (Å²) in [5.74, 6) is 0. The van der Waals surface area contributed by atoms with Crippen LogP contribution < -0.4 is 5.32 Å². The molecule has 1 heterocycles. The lowest BCUT2D eigenvalue weighted by Crippen LogP contribution is -2.27. The number of hydrogen-bond donors (Lipinski definition) is 1. The summed E-state index contributed by atoms with van der Waals surface area (Å²) in [6.45, 7) is 7.77. The fraction of sp³-hybridized carbons (Fsp3) is 0.692. The number of nitrogens with one attached hydrogen (secondary N) is 1. The third kappa shape index (κ3) is 6.00. The maximum absolute atomic E-state index is 3.55. The molecule has 0 saturated heterocycles. The van der Waals surface area contributed by atoms with E-state index in [-0.39, 0.29) is 0 Å². The topological polar surface area (TPSA) is 15.3 Å². The van der Waals surface area contributed by atoms with Crippen molar-refractivity contribution < 1.29 is 0 Å². The van der Waals surface area contributed by atoms with E-state index in [9.17, 15) is 0 Å². The predicted octanol–water partition coefficient (Wildman–Crippen LogP) is 3.72. The first kappa shape index (κ1) is 15.2. The number of thiophene rings is 1. The number of halogens is 1. The smallest absolute Gasteiger partial charge is 0.0327 e. The second kappa shape index (κ2) is 8.25. The first-order chi connectivity index (χ1) is 8.11. The largest absolute Gasteiger partial charge is 0.312 e. The zero-order valence-electron chi connectivity index (χ0n) is 11.0. The SMILES string of the molecule is CC(C)N(C)CCCCNCc1sccc1Br. The molecule has 2 nitrogen and oxygen atoms in total. The molecule has 0 unspecified atom stereocenters. The van der Waals surface area contributed by atoms with Gasteiger partial charge in [0, 0.05) is 21.9 Å². The normalized spacial score (nSPS) is 11.6. The first-order valence-electron chi connectivity index (χ1n) is 6.24. The predicted molar refractivity (Wildman–Crippen MR) is 80.7 cm³/mol. The van der Waals surface area contributed by atoms with Crippen LogP contribution >= 0.6 is 27.3 Å². The molecule has 0 radical (unpaired) electrons. The van der Waals surface area contributed by atoms with Crippen molar-refractivity contribution in [3.63, 3.8) is 0 Å². The van der Waals surface area contributed by atoms with Crippen molar-refractivity contribution in [1.82, 2.24) is 10.2 Å². The summed E-state index contributed by atoms with van der Waals surface area (Å²) in [6.07, 6.45) is 2.52. The van der Waals surface area contributed by atoms with Gasteiger partial charge in [0.15, 0.2) is 0 Å². The lowest BCUT2D eigenvalue weighted by molar-refractivity contribution is 0.268. The van der Waals surface area contributed by atoms with Gasteiger partial charge in [-0.1, -0.05) is 0 Å². The van der Waals surface area contributed by atoms with Gasteiger partial charge in [0.2, 0.25) is 0 Å². The molecule has 1 aromatic heterocycles. The molecule has 1 rings (SSSR count). The summed E-state index contributed by atoms with van der Waals surface area (Å²) >= 11 is 5.35. The zero-order chi connectivity index (χ0) is 12.7. The van der Waals surface area contributed by atoms with Gasteiger partial charge in [-0.05, 0) is 74.2 Å². The van der Waals surface area contributed by atoms with E-state index in [2.05, 4.69) is 58.5 Å². The minimum Gasteiger partial charge on any atom is -0.312 e. The van der Waals surface area contributed by atoms with Crippen molar-refractivity contribution in [2.45, 2.75) is 39.3 Å². The van der Waals surface area contributed by atoms with Crippen LogP contribution in [0, 0.1) is 0 Å². The van der Waals surface area contributed by atoms with Crippen LogP contribution in [-0.2, 0) is 6.54 Å². The molecule has 0 fully saturated rings. The lowest BCUT2D eigenvalue weighted by atomic mass is 10.2. The molecular weight excluding hydrogens is 296 g/mol. The van der Waals surface area contributed by atoms with Crippen molar-refractivity contribution >= 4 is 27.3 Å². The molecule has 0 aliphatic carbocycles. The summed E-state index contributed by atoms with van der Waals surface area (Å²) in [5.41, 5.74) is 0. The first-order valence-corrected chi connectivity index (χ1v) is 7.91. The highest BCUT2D eigenvalue weighted by atomic mass is 79.9. The van der Waals surface area contributed by atoms with Gasteiger partial charge in [-0.2, -0.15) is 0 Å². The Morgan fingerprint density at radius 2 is 2.18 bits per heavy atom. The Hall–Kier alpha value is 0.100. The van der Waals surface area contributed by atoms with Crippen molar-refractivity contribution in [3.8, 4) is 0 Å². The second-order valence-electron chi connectivity index (χ2n) is 4.65. The Labute approximate surface area is 118 Å². The molecule has 0 aliphatic heterocycles. The van der Waals surface area contributed by atoms with Crippen LogP contribution in [0.3, 0.4) is 0 Å². The van der Waals surface area contributed by atoms with Gasteiger partial charge in [0.05, 0.1) is 0 Å². The molecule has 1 aromatic rings. The second-order valence-corrected chi connectivity index (χ2v) is 6.50. The van der Waals surface area contributed by atoms with Crippen molar-refractivity contribution in [2.24, 2.45) is 0 Å². The number of rotatable bonds is 8. The van der Waals surface area contributed by atoms with E-state index < -0.39 is 0 Å². The van der Waals surface area contributed by atoms with E-state index in [1.807, 2.05) is 0 Å². The van der Waals surface area contributed by atoms with Gasteiger partial charge in [0.25, 0.3) is 0 Å². The molecule has 1 N–H and O–H groups in total. The van der Waals surface area contributed by atoms with E-state index in [1.54, 1.807) is 11.3 Å². The van der Waals surface area contributed by atoms with Crippen LogP contribution in [0.1, 0.15) is 31.6 Å². The fourth-order valence-electron chi connectivity index (χ4n) is 1.52. The highest BCUT2D eigenvalue weighted by Gasteiger charge is 2.02. The number of unbranched alkanes of at least 4 members (excludes halogenated alkanes) is 1. The van der Waals surface area contributed by atoms with E-state index in [1.165, 1.54) is 28.7 Å². The molecule has 4 heteroatoms. The summed E-state index contributed by atoms with van der Waals surface area (Å²) < 4.78 is 1.23. The molecule has 0 aromatic carbocycles. The third-order valence-electron chi connectivity index (χ3n) is 2.97. The summed E-state index contributed by atoms with van der Waals surface area (Å²) in [6, 6.07) is 2.77. The van der Waals surface area contributed by atoms with Crippen molar-refractivity contribution in [3.05, 3.63) is 20.8 Å². The fourth-order valence-corrected chi connectivity index (χ4v) is 2.98. The maximum Gasteiger partial charge on any atom is 0.0327 e. The van der Waals surface area contributed by atoms with Crippen LogP contribution in [-0.4, -0.2) is 31.1 Å². The standard InChI is InChI=1S/C13H23BrN2S/c1-11(2)16(3)8-5-4-7-15-10-13-12(14)6-9-17-13/h6,9,11,15H,4-5,7-8,10H2,1-3H3. The van der Waals surface area contributed by atoms with Gasteiger partial charge in [-0.15, -0.1) is 11.3 Å². The summed E-state index contributed by atoms with van der Waals surface area (Å²) in [5, 5.41) is 5.62. The number of hydrogen-bond acceptors (Lipinski definition) is 3. The molecule has 0 aliphatic rings. The van der Waals surface area contributed by atoms with E-state index in [0.29, 0.717) is 6.04 Å². The minimum atomic E-state index is 0.657. The average molecular weight is 319 g/mol. The van der Waals surface area contributed by atoms with Crippen molar-refractivity contribution in [1.29, 1.82) is 0 Å². The van der Waals surface area contributed by atoms with E-state index in [0.717, 1.165) is 13.1 Å². The molecular formula is C13H23BrN2S. The highest BCUT2D eigenvalue weighted by molar-refractivity contribution is 9.10. The molecule has 98 valence electrons. The molecule has 17 heavy (non-hydrogen) atoms. The molecule has 0 atom stereocenters. The zero-order valence-corrected chi connectivity index (χ0v) is 13.4. The Morgan fingerprint density at radius 3 is 2.76 bits per heavy atom. The van der Waals surface area contributed by atoms with Crippen LogP contribution in [0.4, 0.5) is 0 Å². The van der Waals surface area contributed by atoms with Gasteiger partial charge in [0.1, 0.15) is 0 Å². The quantitative estimate of drug-likeness (QED) is 0.735. The minimum absolute atomic E-state index is 0.657. The van der Waals surface area contributed by atoms with Crippen molar-refractivity contribution in [2.75, 3.05) is 20.1 Å². The van der Waals surface area contributed by atoms with Crippen LogP contribution in [0.5, 0.6) is 0 Å². The average Bonchev–Trinajstić information content (AvgIpc) is 2.68. The number of nitrogens with zero attached hydrogens (tertiary/aromatic N) is 1. The lowest BCUT2D eigenvalue weighted by Gasteiger charge is -2.20. The Morgan fingerprint density at radius 1 is 1.41 bits per heavy atom. The van der Waals surface area contributed by atoms with Crippen LogP contribution in [0.2, 0.25) is 0 Å². The van der Waals surface area contributed by atoms with Gasteiger partial charge >= 0.3 is 0 Å². The van der Waals surface area contributed by atoms with Gasteiger partial charge in [-0.25, -0.2) is 0 Å². The van der Waals surface area contributed by atoms with Gasteiger partial charge < -0.3 is 10.2 Å². The van der Waals surface area contributed by atoms with Crippen LogP contribution in [0.15, 0.2) is 15.9 Å². The van der Waals surface area contributed by atoms with Gasteiger partial charge in [-0.3, -0.25) is 0 Å². The molecule has 0 saturated carbocycles. The Bertz CT molecular complexity index is 312. The molecule has 0 spiro atoms. The maximum atomic E-state index is 3.55. The Kier molecular flexibility index (Phi) is 7.35. The summed E-state index contributed by atoms with van der Waals surface area (Å²) in [4.78, 5) is 3.79. The van der Waals surface area contributed by atoms with E-state index in [4.69, 9.17) is 0 Å². The van der Waals surface area contributed by atoms with E-state index >= 15 is 0 Å². The summed E-state index contributed by atoms with van der Waals surface area (Å²) in [7, 11) is 2.20. The molecule has 0 amide bonds. The third-order valence-corrected chi connectivity index (χ3v) is 4.90. The monoisotopic (exact) mass is 318 g/mol. The Balaban J connectivity index is 2.00.